The van der Waals surface area contributed by atoms with Crippen molar-refractivity contribution in [3.8, 4) is 0 Å². The molecule has 11 nitrogen and oxygen atoms in total. The molecule has 0 fully saturated rings. The average molecular weight is 295 g/mol. The van der Waals surface area contributed by atoms with Crippen LogP contribution in [0.15, 0.2) is 0 Å². The molecule has 1 amide bonds. The van der Waals surface area contributed by atoms with E-state index < -0.39 is 22.6 Å². The zero-order chi connectivity index (χ0) is 16.3. The molecule has 0 aliphatic heterocycles. The van der Waals surface area contributed by atoms with Crippen LogP contribution in [0.4, 0.5) is 0 Å². The number of carboxylic acid groups (broad SMARTS) is 2. The fraction of sp³-hybridized carbons (Fsp3) is 0.667. The summed E-state index contributed by atoms with van der Waals surface area (Å²) in [6.45, 7) is 3.40. The fourth-order valence-electron chi connectivity index (χ4n) is 0.787. The van der Waals surface area contributed by atoms with Gasteiger partial charge in [0.25, 0.3) is 5.09 Å². The molecule has 11 heteroatoms. The minimum atomic E-state index is -1.82. The summed E-state index contributed by atoms with van der Waals surface area (Å²) in [7, 11) is 0. The number of nitrogens with one attached hydrogen (secondary N) is 1. The van der Waals surface area contributed by atoms with Crippen LogP contribution in [0.1, 0.15) is 20.3 Å². The minimum absolute atomic E-state index is 0.107. The van der Waals surface area contributed by atoms with E-state index in [1.54, 1.807) is 13.8 Å². The molecule has 0 bridgehead atoms. The molecule has 0 aromatic carbocycles. The molecule has 0 aromatic rings. The van der Waals surface area contributed by atoms with Crippen molar-refractivity contribution in [3.05, 3.63) is 10.1 Å². The number of rotatable bonds is 6. The smallest absolute Gasteiger partial charge is 0.414 e. The summed E-state index contributed by atoms with van der Waals surface area (Å²) in [6.07, 6.45) is 0.172. The zero-order valence-electron chi connectivity index (χ0n) is 11.0. The third-order valence-electron chi connectivity index (χ3n) is 1.42. The first-order chi connectivity index (χ1) is 8.95. The Morgan fingerprint density at radius 1 is 1.30 bits per heavy atom. The van der Waals surface area contributed by atoms with Crippen LogP contribution >= 0.6 is 0 Å². The first-order valence-electron chi connectivity index (χ1n) is 5.25. The lowest BCUT2D eigenvalue weighted by Gasteiger charge is -2.17. The van der Waals surface area contributed by atoms with Crippen molar-refractivity contribution in [2.24, 2.45) is 5.73 Å². The van der Waals surface area contributed by atoms with E-state index in [0.717, 1.165) is 0 Å². The quantitative estimate of drug-likeness (QED) is 0.198. The number of hydrogen-bond acceptors (Lipinski definition) is 7. The van der Waals surface area contributed by atoms with Crippen LogP contribution in [0, 0.1) is 10.1 Å². The van der Waals surface area contributed by atoms with Crippen LogP contribution in [-0.2, 0) is 19.2 Å². The Balaban J connectivity index is 0. The number of nitrogens with two attached hydrogens (primary N) is 1. The predicted octanol–water partition coefficient (Wildman–Crippen LogP) is -1.41. The Morgan fingerprint density at radius 2 is 1.75 bits per heavy atom. The average Bonchev–Trinajstić information content (AvgIpc) is 2.22. The first kappa shape index (κ1) is 19.9. The topological polar surface area (TPSA) is 182 Å². The second-order valence-electron chi connectivity index (χ2n) is 4.18. The number of nitrogens with zero attached hydrogens (tertiary/aromatic N) is 1. The third-order valence-corrected chi connectivity index (χ3v) is 1.42. The van der Waals surface area contributed by atoms with Crippen molar-refractivity contribution in [1.29, 1.82) is 0 Å². The number of carboxylic acids is 2. The van der Waals surface area contributed by atoms with Crippen LogP contribution in [0.25, 0.3) is 0 Å². The van der Waals surface area contributed by atoms with E-state index in [9.17, 15) is 14.9 Å². The highest BCUT2D eigenvalue weighted by Gasteiger charge is 2.15. The molecule has 0 aromatic heterocycles. The molecule has 0 spiro atoms. The second kappa shape index (κ2) is 9.49. The summed E-state index contributed by atoms with van der Waals surface area (Å²) in [5, 5.41) is 26.0. The normalized spacial score (nSPS) is 9.75. The lowest BCUT2D eigenvalue weighted by atomic mass is 10.0. The van der Waals surface area contributed by atoms with Crippen molar-refractivity contribution in [1.82, 2.24) is 5.32 Å². The van der Waals surface area contributed by atoms with E-state index in [0.29, 0.717) is 0 Å². The molecular weight excluding hydrogens is 278 g/mol. The van der Waals surface area contributed by atoms with Crippen LogP contribution in [0.3, 0.4) is 0 Å². The summed E-state index contributed by atoms with van der Waals surface area (Å²) in [5.74, 6) is -3.89. The summed E-state index contributed by atoms with van der Waals surface area (Å²) >= 11 is 0. The number of carbonyl (C=O) groups excluding carboxylic acids is 1. The largest absolute Gasteiger partial charge is 0.473 e. The van der Waals surface area contributed by atoms with Gasteiger partial charge in [0.1, 0.15) is 6.61 Å². The van der Waals surface area contributed by atoms with Crippen LogP contribution in [0.2, 0.25) is 0 Å². The van der Waals surface area contributed by atoms with Gasteiger partial charge in [-0.25, -0.2) is 9.59 Å². The maximum Gasteiger partial charge on any atom is 0.414 e. The Kier molecular flexibility index (Phi) is 9.45. The van der Waals surface area contributed by atoms with Gasteiger partial charge in [-0.1, -0.05) is 0 Å². The van der Waals surface area contributed by atoms with Gasteiger partial charge in [-0.2, -0.15) is 0 Å². The molecule has 0 heterocycles. The van der Waals surface area contributed by atoms with Gasteiger partial charge in [0.15, 0.2) is 0 Å². The number of aliphatic carboxylic acids is 2. The molecule has 0 radical (unpaired) electrons. The molecule has 5 N–H and O–H groups in total. The van der Waals surface area contributed by atoms with E-state index in [-0.39, 0.29) is 25.5 Å². The highest BCUT2D eigenvalue weighted by atomic mass is 16.9. The van der Waals surface area contributed by atoms with Crippen molar-refractivity contribution >= 4 is 17.8 Å². The zero-order valence-corrected chi connectivity index (χ0v) is 11.0. The minimum Gasteiger partial charge on any atom is -0.473 e. The maximum absolute atomic E-state index is 11.1. The Labute approximate surface area is 113 Å². The van der Waals surface area contributed by atoms with E-state index in [4.69, 9.17) is 25.5 Å². The SMILES string of the molecule is CC(C)(N)CC(=O)NCCO[N+](=O)[O-].O=C(O)C(=O)O. The van der Waals surface area contributed by atoms with Gasteiger partial charge in [-0.15, -0.1) is 10.1 Å². The van der Waals surface area contributed by atoms with Gasteiger partial charge in [0.2, 0.25) is 5.91 Å². The maximum atomic E-state index is 11.1. The fourth-order valence-corrected chi connectivity index (χ4v) is 0.787. The molecule has 0 saturated heterocycles. The van der Waals surface area contributed by atoms with E-state index in [2.05, 4.69) is 10.2 Å². The molecule has 0 saturated carbocycles. The molecule has 0 unspecified atom stereocenters. The van der Waals surface area contributed by atoms with E-state index >= 15 is 0 Å². The van der Waals surface area contributed by atoms with Gasteiger partial charge >= 0.3 is 11.9 Å². The Bertz CT molecular complexity index is 351. The van der Waals surface area contributed by atoms with Crippen LogP contribution in [-0.4, -0.2) is 51.8 Å². The summed E-state index contributed by atoms with van der Waals surface area (Å²) in [6, 6.07) is 0. The Hall–Kier alpha value is -2.43. The van der Waals surface area contributed by atoms with Crippen molar-refractivity contribution in [2.45, 2.75) is 25.8 Å². The standard InChI is InChI=1S/C7H15N3O4.C2H2O4/c1-7(2,8)5-6(11)9-3-4-14-10(12)13;3-1(4)2(5)6/h3-5,8H2,1-2H3,(H,9,11);(H,3,4)(H,5,6). The van der Waals surface area contributed by atoms with Crippen LogP contribution in [0.5, 0.6) is 0 Å². The molecular formula is C9H17N3O8. The van der Waals surface area contributed by atoms with Crippen molar-refractivity contribution < 1.29 is 34.5 Å². The van der Waals surface area contributed by atoms with Crippen molar-refractivity contribution in [3.63, 3.8) is 0 Å². The first-order valence-corrected chi connectivity index (χ1v) is 5.25. The summed E-state index contributed by atoms with van der Waals surface area (Å²) < 4.78 is 0. The number of hydrogen-bond donors (Lipinski definition) is 4. The van der Waals surface area contributed by atoms with Gasteiger partial charge < -0.3 is 26.1 Å². The molecule has 0 aliphatic carbocycles. The molecule has 0 rings (SSSR count). The monoisotopic (exact) mass is 295 g/mol. The highest BCUT2D eigenvalue weighted by Crippen LogP contribution is 2.01. The molecule has 116 valence electrons. The van der Waals surface area contributed by atoms with Gasteiger partial charge in [-0.3, -0.25) is 4.79 Å². The lowest BCUT2D eigenvalue weighted by Crippen LogP contribution is -2.39. The third kappa shape index (κ3) is 17.9. The predicted molar refractivity (Wildman–Crippen MR) is 64.1 cm³/mol. The van der Waals surface area contributed by atoms with Gasteiger partial charge in [0.05, 0.1) is 0 Å². The highest BCUT2D eigenvalue weighted by molar-refractivity contribution is 6.27. The number of amides is 1. The number of carbonyl (C=O) groups is 3. The molecule has 0 aliphatic rings. The summed E-state index contributed by atoms with van der Waals surface area (Å²) in [5.41, 5.74) is 5.01. The van der Waals surface area contributed by atoms with E-state index in [1.165, 1.54) is 0 Å². The van der Waals surface area contributed by atoms with Gasteiger partial charge in [-0.05, 0) is 13.8 Å². The molecule has 20 heavy (non-hydrogen) atoms. The summed E-state index contributed by atoms with van der Waals surface area (Å²) in [4.78, 5) is 43.0. The lowest BCUT2D eigenvalue weighted by molar-refractivity contribution is -0.757. The Morgan fingerprint density at radius 3 is 2.05 bits per heavy atom. The second-order valence-corrected chi connectivity index (χ2v) is 4.18. The van der Waals surface area contributed by atoms with Gasteiger partial charge in [0, 0.05) is 18.5 Å². The molecule has 0 atom stereocenters. The van der Waals surface area contributed by atoms with Crippen LogP contribution < -0.4 is 11.1 Å². The van der Waals surface area contributed by atoms with E-state index in [1.807, 2.05) is 0 Å². The van der Waals surface area contributed by atoms with Crippen molar-refractivity contribution in [2.75, 3.05) is 13.2 Å².